The number of fused-ring (bicyclic) bond motifs is 3. The summed E-state index contributed by atoms with van der Waals surface area (Å²) in [6.07, 6.45) is 11.0. The zero-order valence-corrected chi connectivity index (χ0v) is 16.9. The van der Waals surface area contributed by atoms with Crippen molar-refractivity contribution in [2.24, 2.45) is 5.92 Å². The highest BCUT2D eigenvalue weighted by molar-refractivity contribution is 6.30. The molecule has 0 amide bonds. The summed E-state index contributed by atoms with van der Waals surface area (Å²) in [6, 6.07) is 13.6. The largest absolute Gasteiger partial charge is 0.343 e. The van der Waals surface area contributed by atoms with E-state index in [9.17, 15) is 0 Å². The first-order chi connectivity index (χ1) is 13.1. The summed E-state index contributed by atoms with van der Waals surface area (Å²) in [5.41, 5.74) is 6.85. The molecule has 0 radical (unpaired) electrons. The molecule has 2 fully saturated rings. The van der Waals surface area contributed by atoms with Crippen LogP contribution < -0.4 is 9.80 Å². The second kappa shape index (κ2) is 6.60. The monoisotopic (exact) mass is 378 g/mol. The number of hydrogen-bond donors (Lipinski definition) is 0. The van der Waals surface area contributed by atoms with Gasteiger partial charge in [-0.3, -0.25) is 0 Å². The highest BCUT2D eigenvalue weighted by atomic mass is 35.5. The molecule has 3 aliphatic rings. The Hall–Kier alpha value is -1.93. The molecule has 0 aromatic heterocycles. The molecule has 3 heteroatoms. The second-order valence-corrected chi connectivity index (χ2v) is 8.86. The van der Waals surface area contributed by atoms with Gasteiger partial charge in [-0.1, -0.05) is 48.7 Å². The number of hydrogen-bond acceptors (Lipinski definition) is 2. The highest BCUT2D eigenvalue weighted by Crippen LogP contribution is 2.53. The van der Waals surface area contributed by atoms with E-state index >= 15 is 0 Å². The summed E-state index contributed by atoms with van der Waals surface area (Å²) in [4.78, 5) is 5.16. The quantitative estimate of drug-likeness (QED) is 0.459. The van der Waals surface area contributed by atoms with Gasteiger partial charge < -0.3 is 9.80 Å². The molecular weight excluding hydrogens is 352 g/mol. The molecule has 0 N–H and O–H groups in total. The number of aryl methyl sites for hydroxylation is 2. The van der Waals surface area contributed by atoms with Crippen molar-refractivity contribution in [3.8, 4) is 0 Å². The average Bonchev–Trinajstić information content (AvgIpc) is 2.98. The molecule has 2 nitrogen and oxygen atoms in total. The molecule has 2 aromatic rings. The number of halogens is 1. The van der Waals surface area contributed by atoms with E-state index in [-0.39, 0.29) is 0 Å². The van der Waals surface area contributed by atoms with E-state index in [1.807, 2.05) is 12.1 Å². The topological polar surface area (TPSA) is 6.25 Å². The Morgan fingerprint density at radius 3 is 2.33 bits per heavy atom. The van der Waals surface area contributed by atoms with Crippen molar-refractivity contribution in [3.63, 3.8) is 0 Å². The minimum Gasteiger partial charge on any atom is -0.343 e. The Morgan fingerprint density at radius 1 is 0.963 bits per heavy atom. The van der Waals surface area contributed by atoms with Gasteiger partial charge in [-0.2, -0.15) is 0 Å². The van der Waals surface area contributed by atoms with Crippen molar-refractivity contribution >= 4 is 23.0 Å². The predicted octanol–water partition coefficient (Wildman–Crippen LogP) is 6.24. The first-order valence-electron chi connectivity index (χ1n) is 10.2. The van der Waals surface area contributed by atoms with Crippen LogP contribution >= 0.6 is 11.6 Å². The van der Waals surface area contributed by atoms with Crippen molar-refractivity contribution in [2.45, 2.75) is 58.3 Å². The van der Waals surface area contributed by atoms with Crippen LogP contribution in [0.1, 0.15) is 42.4 Å². The maximum atomic E-state index is 6.08. The van der Waals surface area contributed by atoms with Gasteiger partial charge in [0.25, 0.3) is 0 Å². The Balaban J connectivity index is 1.44. The fraction of sp³-hybridized carbons (Fsp3) is 0.417. The Morgan fingerprint density at radius 2 is 1.63 bits per heavy atom. The van der Waals surface area contributed by atoms with E-state index in [1.165, 1.54) is 53.7 Å². The number of nitrogens with zero attached hydrogens (tertiary/aromatic N) is 2. The molecule has 1 saturated heterocycles. The van der Waals surface area contributed by atoms with Gasteiger partial charge in [0, 0.05) is 11.6 Å². The van der Waals surface area contributed by atoms with Crippen molar-refractivity contribution in [1.29, 1.82) is 0 Å². The molecule has 0 bridgehead atoms. The number of rotatable bonds is 4. The van der Waals surface area contributed by atoms with Gasteiger partial charge in [0.2, 0.25) is 0 Å². The molecule has 0 spiro atoms. The molecule has 2 heterocycles. The molecular formula is C24H27ClN2. The standard InChI is InChI=1S/C24H27ClN2/c1-16-13-22-23(14-17(16)2)27-21(12-9-18-5-3-4-6-18)24(27)26(22)15-19-7-10-20(25)11-8-19/h7-14,18,21,24H,3-6,15H2,1-2H3. The minimum absolute atomic E-state index is 0.467. The fourth-order valence-corrected chi connectivity index (χ4v) is 4.94. The first-order valence-corrected chi connectivity index (χ1v) is 10.6. The van der Waals surface area contributed by atoms with Gasteiger partial charge in [0.05, 0.1) is 17.4 Å². The average molecular weight is 379 g/mol. The van der Waals surface area contributed by atoms with Crippen LogP contribution in [0.15, 0.2) is 48.6 Å². The molecule has 1 aliphatic carbocycles. The van der Waals surface area contributed by atoms with Crippen LogP contribution in [0.25, 0.3) is 0 Å². The van der Waals surface area contributed by atoms with Crippen molar-refractivity contribution in [1.82, 2.24) is 0 Å². The molecule has 2 aromatic carbocycles. The molecule has 27 heavy (non-hydrogen) atoms. The van der Waals surface area contributed by atoms with Gasteiger partial charge in [-0.05, 0) is 73.6 Å². The third kappa shape index (κ3) is 3.04. The summed E-state index contributed by atoms with van der Waals surface area (Å²) in [7, 11) is 0. The summed E-state index contributed by atoms with van der Waals surface area (Å²) in [5.74, 6) is 0.802. The lowest BCUT2D eigenvalue weighted by atomic mass is 10.1. The SMILES string of the molecule is Cc1cc2c(cc1C)N1C(C=CC3CCCC3)C1N2Cc1ccc(Cl)cc1. The second-order valence-electron chi connectivity index (χ2n) is 8.42. The Labute approximate surface area is 167 Å². The summed E-state index contributed by atoms with van der Waals surface area (Å²) >= 11 is 6.08. The van der Waals surface area contributed by atoms with Crippen LogP contribution in [0.5, 0.6) is 0 Å². The van der Waals surface area contributed by atoms with Gasteiger partial charge in [0.1, 0.15) is 6.17 Å². The van der Waals surface area contributed by atoms with Crippen molar-refractivity contribution < 1.29 is 0 Å². The predicted molar refractivity (Wildman–Crippen MR) is 115 cm³/mol. The Kier molecular flexibility index (Phi) is 4.20. The summed E-state index contributed by atoms with van der Waals surface area (Å²) in [5, 5.41) is 0.803. The van der Waals surface area contributed by atoms with Crippen LogP contribution in [0.4, 0.5) is 11.4 Å². The first kappa shape index (κ1) is 17.2. The molecule has 2 atom stereocenters. The molecule has 1 saturated carbocycles. The lowest BCUT2D eigenvalue weighted by Crippen LogP contribution is -2.26. The fourth-order valence-electron chi connectivity index (χ4n) is 4.82. The Bertz CT molecular complexity index is 880. The van der Waals surface area contributed by atoms with E-state index < -0.39 is 0 Å². The van der Waals surface area contributed by atoms with Gasteiger partial charge >= 0.3 is 0 Å². The third-order valence-electron chi connectivity index (χ3n) is 6.57. The van der Waals surface area contributed by atoms with Gasteiger partial charge in [-0.25, -0.2) is 0 Å². The number of benzene rings is 2. The maximum Gasteiger partial charge on any atom is 0.127 e. The van der Waals surface area contributed by atoms with Crippen LogP contribution in [0, 0.1) is 19.8 Å². The molecule has 140 valence electrons. The van der Waals surface area contributed by atoms with E-state index in [0.717, 1.165) is 17.5 Å². The van der Waals surface area contributed by atoms with E-state index in [4.69, 9.17) is 11.6 Å². The van der Waals surface area contributed by atoms with Crippen molar-refractivity contribution in [2.75, 3.05) is 9.80 Å². The molecule has 2 aliphatic heterocycles. The van der Waals surface area contributed by atoms with E-state index in [1.54, 1.807) is 0 Å². The maximum absolute atomic E-state index is 6.08. The number of anilines is 2. The normalized spacial score (nSPS) is 24.0. The van der Waals surface area contributed by atoms with Crippen molar-refractivity contribution in [3.05, 3.63) is 70.3 Å². The van der Waals surface area contributed by atoms with E-state index in [2.05, 4.69) is 60.1 Å². The minimum atomic E-state index is 0.467. The molecule has 2 unspecified atom stereocenters. The zero-order valence-electron chi connectivity index (χ0n) is 16.2. The van der Waals surface area contributed by atoms with E-state index in [0.29, 0.717) is 12.2 Å². The van der Waals surface area contributed by atoms with Crippen LogP contribution in [0.3, 0.4) is 0 Å². The third-order valence-corrected chi connectivity index (χ3v) is 6.82. The zero-order chi connectivity index (χ0) is 18.5. The van der Waals surface area contributed by atoms with Gasteiger partial charge in [-0.15, -0.1) is 0 Å². The summed E-state index contributed by atoms with van der Waals surface area (Å²) in [6.45, 7) is 5.37. The van der Waals surface area contributed by atoms with Crippen LogP contribution in [-0.4, -0.2) is 12.2 Å². The van der Waals surface area contributed by atoms with Crippen LogP contribution in [-0.2, 0) is 6.54 Å². The lowest BCUT2D eigenvalue weighted by Gasteiger charge is -2.22. The molecule has 5 rings (SSSR count). The van der Waals surface area contributed by atoms with Gasteiger partial charge in [0.15, 0.2) is 0 Å². The number of allylic oxidation sites excluding steroid dienone is 1. The highest BCUT2D eigenvalue weighted by Gasteiger charge is 2.56. The summed E-state index contributed by atoms with van der Waals surface area (Å²) < 4.78 is 0. The smallest absolute Gasteiger partial charge is 0.127 e. The van der Waals surface area contributed by atoms with Crippen LogP contribution in [0.2, 0.25) is 5.02 Å². The lowest BCUT2D eigenvalue weighted by molar-refractivity contribution is 0.682.